The Morgan fingerprint density at radius 3 is 2.57 bits per heavy atom. The number of ether oxygens (including phenoxy) is 2. The largest absolute Gasteiger partial charge is 0.434 e. The number of nitrogens with zero attached hydrogens (tertiary/aromatic N) is 8. The first-order chi connectivity index (χ1) is 24.1. The van der Waals surface area contributed by atoms with Crippen molar-refractivity contribution in [2.24, 2.45) is 12.5 Å². The maximum atomic E-state index is 14.3. The van der Waals surface area contributed by atoms with Crippen LogP contribution in [0.2, 0.25) is 0 Å². The average molecular weight is 740 g/mol. The van der Waals surface area contributed by atoms with Crippen LogP contribution in [0, 0.1) is 11.2 Å². The van der Waals surface area contributed by atoms with Crippen LogP contribution in [-0.2, 0) is 21.8 Å². The number of benzene rings is 1. The van der Waals surface area contributed by atoms with Gasteiger partial charge in [0.15, 0.2) is 5.82 Å². The number of aryl methyl sites for hydroxylation is 1. The van der Waals surface area contributed by atoms with Gasteiger partial charge in [0.05, 0.1) is 24.5 Å². The van der Waals surface area contributed by atoms with Crippen molar-refractivity contribution in [3.8, 4) is 11.6 Å². The number of piperidine rings is 1. The van der Waals surface area contributed by atoms with Crippen LogP contribution in [0.4, 0.5) is 23.4 Å². The SMILES string of the molecule is CC(C)N(CC(F)(F)F)C(=O)c1cc(F)ccc1Oc1nncnc1N1CC2(CCN(C[C@@H]3CC[C@@H](NS(=O)(=O)c4cnn(C)c4)CO3)CC2)C1. The number of amides is 1. The molecular formula is C32H41F4N9O5S. The highest BCUT2D eigenvalue weighted by Crippen LogP contribution is 2.44. The zero-order valence-corrected chi connectivity index (χ0v) is 29.3. The summed E-state index contributed by atoms with van der Waals surface area (Å²) < 4.78 is 95.5. The lowest BCUT2D eigenvalue weighted by Gasteiger charge is -2.54. The number of rotatable bonds is 11. The summed E-state index contributed by atoms with van der Waals surface area (Å²) in [4.78, 5) is 22.7. The van der Waals surface area contributed by atoms with Gasteiger partial charge in [-0.1, -0.05) is 0 Å². The molecular weight excluding hydrogens is 698 g/mol. The van der Waals surface area contributed by atoms with Crippen molar-refractivity contribution >= 4 is 21.7 Å². The molecule has 6 rings (SSSR count). The molecule has 5 heterocycles. The van der Waals surface area contributed by atoms with Crippen molar-refractivity contribution in [2.45, 2.75) is 68.8 Å². The summed E-state index contributed by atoms with van der Waals surface area (Å²) in [6.07, 6.45) is 2.65. The molecule has 1 spiro atoms. The van der Waals surface area contributed by atoms with Gasteiger partial charge in [0.1, 0.15) is 29.3 Å². The van der Waals surface area contributed by atoms with Crippen LogP contribution in [0.5, 0.6) is 11.6 Å². The standard InChI is InChI=1S/C32H41F4N9O5S/c1-21(2)45(19-32(34,35)36)30(46)26-12-22(33)4-7-27(26)50-29-28(37-20-38-40-29)44-17-31(18-44)8-10-43(11-9-31)14-24-6-5-23(16-49-24)41-51(47,48)25-13-39-42(3)15-25/h4,7,12-13,15,20-21,23-24,41H,5-6,8-11,14,16-19H2,1-3H3/t23-,24+/m1/s1. The lowest BCUT2D eigenvalue weighted by molar-refractivity contribution is -0.143. The molecule has 1 N–H and O–H groups in total. The van der Waals surface area contributed by atoms with E-state index in [1.165, 1.54) is 43.3 Å². The number of alkyl halides is 3. The minimum absolute atomic E-state index is 0.00667. The predicted molar refractivity (Wildman–Crippen MR) is 175 cm³/mol. The Hall–Kier alpha value is -3.94. The fourth-order valence-corrected chi connectivity index (χ4v) is 8.07. The van der Waals surface area contributed by atoms with Gasteiger partial charge in [0.25, 0.3) is 11.8 Å². The molecule has 1 aromatic carbocycles. The molecule has 278 valence electrons. The molecule has 14 nitrogen and oxygen atoms in total. The summed E-state index contributed by atoms with van der Waals surface area (Å²) in [5.74, 6) is -1.69. The fourth-order valence-electron chi connectivity index (χ4n) is 6.84. The van der Waals surface area contributed by atoms with Gasteiger partial charge in [-0.2, -0.15) is 18.3 Å². The van der Waals surface area contributed by atoms with Crippen LogP contribution >= 0.6 is 0 Å². The Balaban J connectivity index is 1.02. The highest BCUT2D eigenvalue weighted by molar-refractivity contribution is 7.89. The van der Waals surface area contributed by atoms with Gasteiger partial charge in [-0.25, -0.2) is 22.5 Å². The van der Waals surface area contributed by atoms with E-state index < -0.39 is 40.5 Å². The van der Waals surface area contributed by atoms with Crippen molar-refractivity contribution in [3.63, 3.8) is 0 Å². The topological polar surface area (TPSA) is 148 Å². The van der Waals surface area contributed by atoms with Crippen LogP contribution in [-0.4, -0.2) is 119 Å². The summed E-state index contributed by atoms with van der Waals surface area (Å²) in [5, 5.41) is 11.8. The molecule has 3 saturated heterocycles. The van der Waals surface area contributed by atoms with E-state index in [1.807, 2.05) is 4.90 Å². The molecule has 0 saturated carbocycles. The van der Waals surface area contributed by atoms with Crippen molar-refractivity contribution in [1.29, 1.82) is 0 Å². The first kappa shape index (κ1) is 36.8. The Labute approximate surface area is 293 Å². The molecule has 1 amide bonds. The lowest BCUT2D eigenvalue weighted by atomic mass is 9.72. The molecule has 0 unspecified atom stereocenters. The van der Waals surface area contributed by atoms with Crippen molar-refractivity contribution in [1.82, 2.24) is 39.5 Å². The van der Waals surface area contributed by atoms with Gasteiger partial charge in [-0.05, 0) is 70.8 Å². The third kappa shape index (κ3) is 8.75. The molecule has 0 aliphatic carbocycles. The number of hydrogen-bond donors (Lipinski definition) is 1. The number of aromatic nitrogens is 5. The predicted octanol–water partition coefficient (Wildman–Crippen LogP) is 3.38. The molecule has 51 heavy (non-hydrogen) atoms. The maximum Gasteiger partial charge on any atom is 0.406 e. The summed E-state index contributed by atoms with van der Waals surface area (Å²) in [7, 11) is -2.01. The molecule has 3 aliphatic rings. The molecule has 3 aromatic rings. The van der Waals surface area contributed by atoms with E-state index in [0.29, 0.717) is 36.8 Å². The number of nitrogens with one attached hydrogen (secondary N) is 1. The van der Waals surface area contributed by atoms with Crippen LogP contribution in [0.1, 0.15) is 49.9 Å². The number of hydrogen-bond acceptors (Lipinski definition) is 11. The molecule has 19 heteroatoms. The highest BCUT2D eigenvalue weighted by atomic mass is 32.2. The van der Waals surface area contributed by atoms with E-state index in [1.54, 1.807) is 7.05 Å². The van der Waals surface area contributed by atoms with Gasteiger partial charge >= 0.3 is 6.18 Å². The third-order valence-corrected chi connectivity index (χ3v) is 11.1. The number of sulfonamides is 1. The Kier molecular flexibility index (Phi) is 10.5. The second-order valence-corrected chi connectivity index (χ2v) is 15.5. The van der Waals surface area contributed by atoms with Crippen LogP contribution in [0.3, 0.4) is 0 Å². The summed E-state index contributed by atoms with van der Waals surface area (Å²) in [6.45, 7) is 5.48. The lowest BCUT2D eigenvalue weighted by Crippen LogP contribution is -2.61. The first-order valence-electron chi connectivity index (χ1n) is 16.7. The highest BCUT2D eigenvalue weighted by Gasteiger charge is 2.47. The average Bonchev–Trinajstić information content (AvgIpc) is 3.51. The zero-order valence-electron chi connectivity index (χ0n) is 28.5. The number of carbonyl (C=O) groups excluding carboxylic acids is 1. The van der Waals surface area contributed by atoms with E-state index in [4.69, 9.17) is 9.47 Å². The van der Waals surface area contributed by atoms with E-state index in [0.717, 1.165) is 51.0 Å². The fraction of sp³-hybridized carbons (Fsp3) is 0.594. The second-order valence-electron chi connectivity index (χ2n) is 13.8. The van der Waals surface area contributed by atoms with E-state index in [9.17, 15) is 30.8 Å². The minimum Gasteiger partial charge on any atom is -0.434 e. The third-order valence-electron chi connectivity index (χ3n) is 9.60. The Bertz CT molecular complexity index is 1800. The number of likely N-dealkylation sites (tertiary alicyclic amines) is 1. The van der Waals surface area contributed by atoms with Crippen LogP contribution < -0.4 is 14.4 Å². The molecule has 0 radical (unpaired) electrons. The normalized spacial score (nSPS) is 21.1. The first-order valence-corrected chi connectivity index (χ1v) is 18.2. The van der Waals surface area contributed by atoms with Gasteiger partial charge in [0, 0.05) is 50.4 Å². The maximum absolute atomic E-state index is 14.3. The zero-order chi connectivity index (χ0) is 36.6. The van der Waals surface area contributed by atoms with E-state index in [2.05, 4.69) is 29.9 Å². The Morgan fingerprint density at radius 1 is 1.20 bits per heavy atom. The van der Waals surface area contributed by atoms with Crippen molar-refractivity contribution in [3.05, 3.63) is 48.3 Å². The van der Waals surface area contributed by atoms with Crippen LogP contribution in [0.25, 0.3) is 0 Å². The van der Waals surface area contributed by atoms with Gasteiger partial charge in [0.2, 0.25) is 10.0 Å². The quantitative estimate of drug-likeness (QED) is 0.289. The minimum atomic E-state index is -4.65. The van der Waals surface area contributed by atoms with E-state index >= 15 is 0 Å². The summed E-state index contributed by atoms with van der Waals surface area (Å²) >= 11 is 0. The number of carbonyl (C=O) groups is 1. The summed E-state index contributed by atoms with van der Waals surface area (Å²) in [6, 6.07) is 1.95. The molecule has 0 bridgehead atoms. The summed E-state index contributed by atoms with van der Waals surface area (Å²) in [5.41, 5.74) is -0.339. The van der Waals surface area contributed by atoms with Gasteiger partial charge in [-0.3, -0.25) is 9.48 Å². The molecule has 2 atom stereocenters. The molecule has 3 fully saturated rings. The van der Waals surface area contributed by atoms with Crippen LogP contribution in [0.15, 0.2) is 41.8 Å². The van der Waals surface area contributed by atoms with Crippen molar-refractivity contribution in [2.75, 3.05) is 50.8 Å². The Morgan fingerprint density at radius 2 is 1.94 bits per heavy atom. The van der Waals surface area contributed by atoms with Crippen molar-refractivity contribution < 1.29 is 40.2 Å². The second kappa shape index (κ2) is 14.6. The number of anilines is 1. The van der Waals surface area contributed by atoms with Gasteiger partial charge in [-0.15, -0.1) is 10.2 Å². The molecule has 2 aromatic heterocycles. The molecule has 3 aliphatic heterocycles. The van der Waals surface area contributed by atoms with E-state index in [-0.39, 0.29) is 39.6 Å². The smallest absolute Gasteiger partial charge is 0.406 e. The monoisotopic (exact) mass is 739 g/mol. The van der Waals surface area contributed by atoms with Gasteiger partial charge < -0.3 is 24.2 Å². The number of halogens is 4.